The van der Waals surface area contributed by atoms with Crippen LogP contribution in [0.3, 0.4) is 0 Å². The number of carbonyl (C=O) groups is 2. The minimum Gasteiger partial charge on any atom is -0.497 e. The summed E-state index contributed by atoms with van der Waals surface area (Å²) in [6, 6.07) is 12.0. The molecule has 0 radical (unpaired) electrons. The number of methoxy groups -OCH3 is 1. The fourth-order valence-electron chi connectivity index (χ4n) is 3.23. The van der Waals surface area contributed by atoms with Gasteiger partial charge in [-0.3, -0.25) is 9.59 Å². The summed E-state index contributed by atoms with van der Waals surface area (Å²) < 4.78 is 5.22. The maximum absolute atomic E-state index is 13.4. The number of amides is 2. The number of hydrogen-bond donors (Lipinski definition) is 1. The summed E-state index contributed by atoms with van der Waals surface area (Å²) in [5, 5.41) is 3.83. The number of hydrogen-bond acceptors (Lipinski definition) is 3. The van der Waals surface area contributed by atoms with Crippen LogP contribution >= 0.6 is 23.2 Å². The molecule has 1 atom stereocenters. The van der Waals surface area contributed by atoms with Gasteiger partial charge in [0, 0.05) is 12.1 Å². The molecule has 0 bridgehead atoms. The zero-order valence-corrected chi connectivity index (χ0v) is 20.2. The number of carbonyl (C=O) groups excluding carboxylic acids is 2. The highest BCUT2D eigenvalue weighted by molar-refractivity contribution is 6.42. The highest BCUT2D eigenvalue weighted by Gasteiger charge is 2.30. The van der Waals surface area contributed by atoms with Gasteiger partial charge in [-0.1, -0.05) is 48.3 Å². The van der Waals surface area contributed by atoms with E-state index in [1.807, 2.05) is 52.0 Å². The molecular formula is C24H30Cl2N2O3. The van der Waals surface area contributed by atoms with Gasteiger partial charge in [0.05, 0.1) is 23.6 Å². The zero-order chi connectivity index (χ0) is 23.2. The van der Waals surface area contributed by atoms with Gasteiger partial charge in [-0.15, -0.1) is 0 Å². The van der Waals surface area contributed by atoms with E-state index in [2.05, 4.69) is 5.32 Å². The first-order valence-corrected chi connectivity index (χ1v) is 11.0. The first kappa shape index (κ1) is 25.0. The van der Waals surface area contributed by atoms with Crippen LogP contribution in [0.4, 0.5) is 0 Å². The van der Waals surface area contributed by atoms with E-state index in [9.17, 15) is 9.59 Å². The van der Waals surface area contributed by atoms with E-state index in [1.165, 1.54) is 0 Å². The fourth-order valence-corrected chi connectivity index (χ4v) is 3.55. The number of benzene rings is 2. The Hall–Kier alpha value is -2.24. The van der Waals surface area contributed by atoms with Crippen LogP contribution in [0.25, 0.3) is 0 Å². The molecule has 0 aliphatic carbocycles. The van der Waals surface area contributed by atoms with E-state index in [1.54, 1.807) is 30.2 Å². The van der Waals surface area contributed by atoms with Crippen molar-refractivity contribution in [1.82, 2.24) is 10.2 Å². The summed E-state index contributed by atoms with van der Waals surface area (Å²) in [6.07, 6.45) is 0.609. The molecule has 2 aromatic rings. The Kier molecular flexibility index (Phi) is 8.78. The number of nitrogens with zero attached hydrogens (tertiary/aromatic N) is 1. The van der Waals surface area contributed by atoms with Crippen molar-refractivity contribution < 1.29 is 14.3 Å². The lowest BCUT2D eigenvalue weighted by Crippen LogP contribution is -2.53. The number of rotatable bonds is 8. The van der Waals surface area contributed by atoms with Crippen LogP contribution in [0, 0.1) is 0 Å². The molecule has 0 saturated heterocycles. The van der Waals surface area contributed by atoms with Crippen LogP contribution in [0.5, 0.6) is 5.75 Å². The quantitative estimate of drug-likeness (QED) is 0.578. The Morgan fingerprint density at radius 1 is 1.03 bits per heavy atom. The molecule has 0 unspecified atom stereocenters. The summed E-state index contributed by atoms with van der Waals surface area (Å²) in [7, 11) is 1.60. The fraction of sp³-hybridized carbons (Fsp3) is 0.417. The number of halogens is 2. The van der Waals surface area contributed by atoms with Gasteiger partial charge in [-0.2, -0.15) is 0 Å². The lowest BCUT2D eigenvalue weighted by Gasteiger charge is -2.33. The van der Waals surface area contributed by atoms with E-state index in [0.717, 1.165) is 16.9 Å². The summed E-state index contributed by atoms with van der Waals surface area (Å²) >= 11 is 12.1. The normalized spacial score (nSPS) is 12.2. The third-order valence-electron chi connectivity index (χ3n) is 4.74. The highest BCUT2D eigenvalue weighted by Crippen LogP contribution is 2.24. The van der Waals surface area contributed by atoms with Gasteiger partial charge in [0.25, 0.3) is 0 Å². The van der Waals surface area contributed by atoms with Crippen LogP contribution in [0.15, 0.2) is 42.5 Å². The van der Waals surface area contributed by atoms with Gasteiger partial charge in [0.15, 0.2) is 0 Å². The average Bonchev–Trinajstić information content (AvgIpc) is 2.69. The Morgan fingerprint density at radius 3 is 2.16 bits per heavy atom. The van der Waals surface area contributed by atoms with E-state index < -0.39 is 11.6 Å². The molecule has 7 heteroatoms. The second kappa shape index (κ2) is 10.9. The van der Waals surface area contributed by atoms with Crippen molar-refractivity contribution in [3.05, 3.63) is 63.6 Å². The summed E-state index contributed by atoms with van der Waals surface area (Å²) in [5.74, 6) is 0.395. The van der Waals surface area contributed by atoms with Gasteiger partial charge >= 0.3 is 0 Å². The predicted molar refractivity (Wildman–Crippen MR) is 126 cm³/mol. The third kappa shape index (κ3) is 7.44. The summed E-state index contributed by atoms with van der Waals surface area (Å²) in [6.45, 7) is 7.97. The first-order valence-electron chi connectivity index (χ1n) is 10.2. The van der Waals surface area contributed by atoms with Gasteiger partial charge in [0.1, 0.15) is 11.8 Å². The minimum atomic E-state index is -0.600. The molecule has 0 saturated carbocycles. The smallest absolute Gasteiger partial charge is 0.243 e. The van der Waals surface area contributed by atoms with Crippen LogP contribution in [0.2, 0.25) is 10.0 Å². The lowest BCUT2D eigenvalue weighted by atomic mass is 10.0. The number of ether oxygens (including phenoxy) is 1. The first-order chi connectivity index (χ1) is 14.5. The van der Waals surface area contributed by atoms with Crippen molar-refractivity contribution in [2.45, 2.75) is 58.7 Å². The molecular weight excluding hydrogens is 435 g/mol. The molecule has 0 fully saturated rings. The van der Waals surface area contributed by atoms with Gasteiger partial charge in [0.2, 0.25) is 11.8 Å². The van der Waals surface area contributed by atoms with Crippen LogP contribution in [0.1, 0.15) is 45.2 Å². The molecule has 0 aliphatic heterocycles. The molecule has 1 N–H and O–H groups in total. The number of nitrogens with one attached hydrogen (secondary N) is 1. The topological polar surface area (TPSA) is 58.6 Å². The molecule has 0 aliphatic rings. The minimum absolute atomic E-state index is 0.117. The van der Waals surface area contributed by atoms with Crippen LogP contribution < -0.4 is 10.1 Å². The Balaban J connectivity index is 2.32. The van der Waals surface area contributed by atoms with Crippen molar-refractivity contribution >= 4 is 35.0 Å². The van der Waals surface area contributed by atoms with Crippen LogP contribution in [-0.2, 0) is 22.6 Å². The molecule has 2 amide bonds. The Morgan fingerprint density at radius 2 is 1.65 bits per heavy atom. The maximum atomic E-state index is 13.4. The SMILES string of the molecule is CC[C@H](C(=O)NC(C)(C)C)N(Cc1ccc(OC)cc1)C(=O)Cc1ccc(Cl)c(Cl)c1. The standard InChI is InChI=1S/C24H30Cl2N2O3/c1-6-21(23(30)27-24(2,3)4)28(15-16-7-10-18(31-5)11-8-16)22(29)14-17-9-12-19(25)20(26)13-17/h7-13,21H,6,14-15H2,1-5H3,(H,27,30)/t21-/m1/s1. The van der Waals surface area contributed by atoms with Gasteiger partial charge < -0.3 is 15.0 Å². The molecule has 31 heavy (non-hydrogen) atoms. The molecule has 0 spiro atoms. The van der Waals surface area contributed by atoms with Crippen molar-refractivity contribution in [1.29, 1.82) is 0 Å². The molecule has 168 valence electrons. The highest BCUT2D eigenvalue weighted by atomic mass is 35.5. The van der Waals surface area contributed by atoms with Crippen molar-refractivity contribution in [2.75, 3.05) is 7.11 Å². The Bertz CT molecular complexity index is 908. The lowest BCUT2D eigenvalue weighted by molar-refractivity contribution is -0.141. The monoisotopic (exact) mass is 464 g/mol. The van der Waals surface area contributed by atoms with Gasteiger partial charge in [-0.05, 0) is 62.6 Å². The summed E-state index contributed by atoms with van der Waals surface area (Å²) in [5.41, 5.74) is 1.25. The third-order valence-corrected chi connectivity index (χ3v) is 5.47. The van der Waals surface area contributed by atoms with E-state index in [0.29, 0.717) is 23.0 Å². The van der Waals surface area contributed by atoms with Crippen molar-refractivity contribution in [3.8, 4) is 5.75 Å². The van der Waals surface area contributed by atoms with E-state index in [4.69, 9.17) is 27.9 Å². The van der Waals surface area contributed by atoms with Crippen molar-refractivity contribution in [2.24, 2.45) is 0 Å². The van der Waals surface area contributed by atoms with E-state index >= 15 is 0 Å². The van der Waals surface area contributed by atoms with Crippen molar-refractivity contribution in [3.63, 3.8) is 0 Å². The van der Waals surface area contributed by atoms with Gasteiger partial charge in [-0.25, -0.2) is 0 Å². The molecule has 0 heterocycles. The Labute approximate surface area is 194 Å². The maximum Gasteiger partial charge on any atom is 0.243 e. The van der Waals surface area contributed by atoms with Crippen LogP contribution in [-0.4, -0.2) is 35.4 Å². The second-order valence-corrected chi connectivity index (χ2v) is 9.27. The zero-order valence-electron chi connectivity index (χ0n) is 18.7. The summed E-state index contributed by atoms with van der Waals surface area (Å²) in [4.78, 5) is 28.0. The predicted octanol–water partition coefficient (Wildman–Crippen LogP) is 5.27. The molecule has 0 aromatic heterocycles. The molecule has 5 nitrogen and oxygen atoms in total. The largest absolute Gasteiger partial charge is 0.497 e. The molecule has 2 rings (SSSR count). The van der Waals surface area contributed by atoms with E-state index in [-0.39, 0.29) is 18.2 Å². The average molecular weight is 465 g/mol. The second-order valence-electron chi connectivity index (χ2n) is 8.46. The molecule has 2 aromatic carbocycles.